The van der Waals surface area contributed by atoms with Crippen LogP contribution in [0, 0.1) is 5.92 Å². The molecule has 0 aromatic carbocycles. The van der Waals surface area contributed by atoms with Crippen LogP contribution in [0.5, 0.6) is 0 Å². The second-order valence-electron chi connectivity index (χ2n) is 7.02. The van der Waals surface area contributed by atoms with Gasteiger partial charge in [-0.25, -0.2) is 4.79 Å². The molecular weight excluding hydrogens is 282 g/mol. The van der Waals surface area contributed by atoms with Gasteiger partial charge in [-0.3, -0.25) is 4.79 Å². The Morgan fingerprint density at radius 2 is 1.91 bits per heavy atom. The van der Waals surface area contributed by atoms with Crippen molar-refractivity contribution in [2.75, 3.05) is 0 Å². The monoisotopic (exact) mass is 311 g/mol. The Hall–Kier alpha value is -1.52. The minimum atomic E-state index is -0.870. The second-order valence-corrected chi connectivity index (χ2v) is 7.02. The first-order chi connectivity index (χ1) is 10.3. The first-order valence-corrected chi connectivity index (χ1v) is 8.14. The van der Waals surface area contributed by atoms with E-state index in [0.29, 0.717) is 5.92 Å². The third kappa shape index (κ3) is 8.70. The van der Waals surface area contributed by atoms with Gasteiger partial charge in [-0.05, 0) is 33.1 Å². The van der Waals surface area contributed by atoms with E-state index in [2.05, 4.69) is 5.32 Å². The molecule has 0 saturated heterocycles. The van der Waals surface area contributed by atoms with Gasteiger partial charge in [0.1, 0.15) is 5.60 Å². The summed E-state index contributed by atoms with van der Waals surface area (Å²) in [5.74, 6) is -0.284. The largest absolute Gasteiger partial charge is 0.481 e. The first-order valence-electron chi connectivity index (χ1n) is 8.14. The lowest BCUT2D eigenvalue weighted by Crippen LogP contribution is -2.39. The standard InChI is InChI=1S/C17H29NO4/c1-17(2,3)22-16(21)18-14(10-7-11-15(19)20)12-13-8-5-4-6-9-13/h7,10,13-14H,4-6,8-9,11-12H2,1-3H3,(H,18,21)(H,19,20)/t14-/m1/s1. The van der Waals surface area contributed by atoms with E-state index in [1.54, 1.807) is 12.2 Å². The third-order valence-corrected chi connectivity index (χ3v) is 3.68. The Labute approximate surface area is 133 Å². The van der Waals surface area contributed by atoms with Gasteiger partial charge in [-0.1, -0.05) is 44.3 Å². The molecule has 1 amide bonds. The molecule has 1 rings (SSSR count). The number of hydrogen-bond donors (Lipinski definition) is 2. The Bertz CT molecular complexity index is 392. The number of carbonyl (C=O) groups excluding carboxylic acids is 1. The molecule has 1 aliphatic rings. The molecule has 126 valence electrons. The van der Waals surface area contributed by atoms with Crippen molar-refractivity contribution in [1.82, 2.24) is 5.32 Å². The molecule has 5 heteroatoms. The predicted octanol–water partition coefficient (Wildman–Crippen LogP) is 3.88. The number of aliphatic carboxylic acids is 1. The normalized spacial score (nSPS) is 18.1. The van der Waals surface area contributed by atoms with Crippen LogP contribution < -0.4 is 5.32 Å². The quantitative estimate of drug-likeness (QED) is 0.730. The summed E-state index contributed by atoms with van der Waals surface area (Å²) >= 11 is 0. The highest BCUT2D eigenvalue weighted by molar-refractivity contribution is 5.69. The lowest BCUT2D eigenvalue weighted by atomic mass is 9.84. The van der Waals surface area contributed by atoms with Crippen LogP contribution in [0.3, 0.4) is 0 Å². The van der Waals surface area contributed by atoms with Crippen molar-refractivity contribution < 1.29 is 19.4 Å². The van der Waals surface area contributed by atoms with Gasteiger partial charge < -0.3 is 15.2 Å². The molecule has 1 fully saturated rings. The summed E-state index contributed by atoms with van der Waals surface area (Å²) in [5.41, 5.74) is -0.537. The first kappa shape index (κ1) is 18.5. The highest BCUT2D eigenvalue weighted by Crippen LogP contribution is 2.27. The molecule has 1 saturated carbocycles. The van der Waals surface area contributed by atoms with Gasteiger partial charge in [0.2, 0.25) is 0 Å². The summed E-state index contributed by atoms with van der Waals surface area (Å²) in [5, 5.41) is 11.6. The molecular formula is C17H29NO4. The summed E-state index contributed by atoms with van der Waals surface area (Å²) in [6.45, 7) is 5.47. The molecule has 0 heterocycles. The third-order valence-electron chi connectivity index (χ3n) is 3.68. The number of alkyl carbamates (subject to hydrolysis) is 1. The van der Waals surface area contributed by atoms with Crippen LogP contribution in [-0.2, 0) is 9.53 Å². The van der Waals surface area contributed by atoms with E-state index in [0.717, 1.165) is 6.42 Å². The Kier molecular flexibility index (Phi) is 7.42. The zero-order valence-electron chi connectivity index (χ0n) is 13.9. The van der Waals surface area contributed by atoms with Crippen LogP contribution in [0.15, 0.2) is 12.2 Å². The Morgan fingerprint density at radius 3 is 2.45 bits per heavy atom. The summed E-state index contributed by atoms with van der Waals surface area (Å²) in [6, 6.07) is -0.169. The van der Waals surface area contributed by atoms with E-state index in [1.807, 2.05) is 20.8 Å². The van der Waals surface area contributed by atoms with Crippen LogP contribution in [0.2, 0.25) is 0 Å². The predicted molar refractivity (Wildman–Crippen MR) is 85.7 cm³/mol. The lowest BCUT2D eigenvalue weighted by Gasteiger charge is -2.27. The topological polar surface area (TPSA) is 75.6 Å². The fourth-order valence-electron chi connectivity index (χ4n) is 2.76. The smallest absolute Gasteiger partial charge is 0.408 e. The zero-order valence-corrected chi connectivity index (χ0v) is 13.9. The highest BCUT2D eigenvalue weighted by atomic mass is 16.6. The molecule has 0 aromatic heterocycles. The summed E-state index contributed by atoms with van der Waals surface area (Å²) < 4.78 is 5.28. The van der Waals surface area contributed by atoms with Crippen LogP contribution in [0.25, 0.3) is 0 Å². The average Bonchev–Trinajstić information content (AvgIpc) is 2.36. The number of hydrogen-bond acceptors (Lipinski definition) is 3. The molecule has 0 aliphatic heterocycles. The van der Waals surface area contributed by atoms with Gasteiger partial charge in [0, 0.05) is 0 Å². The van der Waals surface area contributed by atoms with Gasteiger partial charge in [0.25, 0.3) is 0 Å². The fourth-order valence-corrected chi connectivity index (χ4v) is 2.76. The van der Waals surface area contributed by atoms with Gasteiger partial charge in [-0.15, -0.1) is 0 Å². The highest BCUT2D eigenvalue weighted by Gasteiger charge is 2.22. The van der Waals surface area contributed by atoms with E-state index in [1.165, 1.54) is 32.1 Å². The maximum atomic E-state index is 11.9. The van der Waals surface area contributed by atoms with Gasteiger partial charge in [0.15, 0.2) is 0 Å². The van der Waals surface area contributed by atoms with Crippen molar-refractivity contribution in [3.8, 4) is 0 Å². The molecule has 0 aromatic rings. The van der Waals surface area contributed by atoms with E-state index in [9.17, 15) is 9.59 Å². The average molecular weight is 311 g/mol. The van der Waals surface area contributed by atoms with E-state index in [4.69, 9.17) is 9.84 Å². The van der Waals surface area contributed by atoms with Gasteiger partial charge >= 0.3 is 12.1 Å². The number of carbonyl (C=O) groups is 2. The van der Waals surface area contributed by atoms with Crippen molar-refractivity contribution in [3.05, 3.63) is 12.2 Å². The summed E-state index contributed by atoms with van der Waals surface area (Å²) in [6.07, 6.45) is 9.87. The number of amides is 1. The molecule has 1 atom stereocenters. The van der Waals surface area contributed by atoms with Gasteiger partial charge in [-0.2, -0.15) is 0 Å². The molecule has 5 nitrogen and oxygen atoms in total. The molecule has 2 N–H and O–H groups in total. The minimum absolute atomic E-state index is 0.0306. The van der Waals surface area contributed by atoms with E-state index >= 15 is 0 Å². The zero-order chi connectivity index (χ0) is 16.6. The molecule has 22 heavy (non-hydrogen) atoms. The number of rotatable bonds is 6. The SMILES string of the molecule is CC(C)(C)OC(=O)N[C@H](C=CCC(=O)O)CC1CCCCC1. The van der Waals surface area contributed by atoms with Crippen LogP contribution >= 0.6 is 0 Å². The van der Waals surface area contributed by atoms with Crippen molar-refractivity contribution in [1.29, 1.82) is 0 Å². The maximum Gasteiger partial charge on any atom is 0.408 e. The second kappa shape index (κ2) is 8.81. The molecule has 1 aliphatic carbocycles. The number of carboxylic acid groups (broad SMARTS) is 1. The van der Waals surface area contributed by atoms with Crippen LogP contribution in [-0.4, -0.2) is 28.8 Å². The number of carboxylic acids is 1. The Balaban J connectivity index is 2.57. The number of nitrogens with one attached hydrogen (secondary N) is 1. The summed E-state index contributed by atoms with van der Waals surface area (Å²) in [4.78, 5) is 22.5. The molecule has 0 spiro atoms. The minimum Gasteiger partial charge on any atom is -0.481 e. The fraction of sp³-hybridized carbons (Fsp3) is 0.765. The van der Waals surface area contributed by atoms with Crippen LogP contribution in [0.4, 0.5) is 4.79 Å². The maximum absolute atomic E-state index is 11.9. The molecule has 0 bridgehead atoms. The summed E-state index contributed by atoms with van der Waals surface area (Å²) in [7, 11) is 0. The van der Waals surface area contributed by atoms with E-state index in [-0.39, 0.29) is 12.5 Å². The van der Waals surface area contributed by atoms with Crippen LogP contribution in [0.1, 0.15) is 65.7 Å². The molecule has 0 unspecified atom stereocenters. The number of ether oxygens (including phenoxy) is 1. The van der Waals surface area contributed by atoms with E-state index < -0.39 is 17.7 Å². The van der Waals surface area contributed by atoms with Crippen molar-refractivity contribution >= 4 is 12.1 Å². The van der Waals surface area contributed by atoms with Gasteiger partial charge in [0.05, 0.1) is 12.5 Å². The van der Waals surface area contributed by atoms with Crippen molar-refractivity contribution in [2.45, 2.75) is 77.4 Å². The molecule has 0 radical (unpaired) electrons. The van der Waals surface area contributed by atoms with Crippen molar-refractivity contribution in [2.24, 2.45) is 5.92 Å². The Morgan fingerprint density at radius 1 is 1.27 bits per heavy atom. The van der Waals surface area contributed by atoms with Crippen molar-refractivity contribution in [3.63, 3.8) is 0 Å². The lowest BCUT2D eigenvalue weighted by molar-refractivity contribution is -0.136.